The van der Waals surface area contributed by atoms with Crippen LogP contribution in [0.1, 0.15) is 41.9 Å². The fraction of sp³-hybridized carbons (Fsp3) is 0.471. The number of nitrogens with zero attached hydrogens (tertiary/aromatic N) is 2. The van der Waals surface area contributed by atoms with E-state index in [2.05, 4.69) is 18.8 Å². The Morgan fingerprint density at radius 1 is 1.21 bits per heavy atom. The zero-order valence-corrected chi connectivity index (χ0v) is 13.8. The number of aromatic nitrogens is 2. The number of pyridine rings is 2. The maximum Gasteiger partial charge on any atom is 0.252 e. The number of rotatable bonds is 1. The topological polar surface area (TPSA) is 113 Å². The van der Waals surface area contributed by atoms with Crippen LogP contribution in [0.15, 0.2) is 12.1 Å². The van der Waals surface area contributed by atoms with E-state index in [9.17, 15) is 4.79 Å². The molecule has 0 bridgehead atoms. The van der Waals surface area contributed by atoms with E-state index in [0.29, 0.717) is 18.9 Å². The minimum atomic E-state index is -0.639. The fourth-order valence-corrected chi connectivity index (χ4v) is 3.84. The van der Waals surface area contributed by atoms with Crippen molar-refractivity contribution in [2.45, 2.75) is 37.9 Å². The Kier molecular flexibility index (Phi) is 3.10. The van der Waals surface area contributed by atoms with Crippen LogP contribution < -0.4 is 11.5 Å². The van der Waals surface area contributed by atoms with Gasteiger partial charge in [0.25, 0.3) is 5.91 Å². The Balaban J connectivity index is 1.91. The van der Waals surface area contributed by atoms with Crippen molar-refractivity contribution in [3.8, 4) is 0 Å². The van der Waals surface area contributed by atoms with E-state index in [1.807, 2.05) is 6.07 Å². The molecule has 1 spiro atoms. The van der Waals surface area contributed by atoms with E-state index >= 15 is 0 Å². The molecule has 7 nitrogen and oxygen atoms in total. The lowest BCUT2D eigenvalue weighted by atomic mass is 9.70. The molecule has 2 aromatic rings. The number of nitrogens with two attached hydrogens (primary N) is 2. The molecule has 4 N–H and O–H groups in total. The Morgan fingerprint density at radius 2 is 1.92 bits per heavy atom. The number of aryl methyl sites for hydroxylation is 1. The predicted molar refractivity (Wildman–Crippen MR) is 88.5 cm³/mol. The van der Waals surface area contributed by atoms with Crippen molar-refractivity contribution in [2.75, 3.05) is 18.9 Å². The zero-order chi connectivity index (χ0) is 17.1. The summed E-state index contributed by atoms with van der Waals surface area (Å²) < 4.78 is 11.9. The van der Waals surface area contributed by atoms with Crippen LogP contribution in [0.3, 0.4) is 0 Å². The second kappa shape index (κ2) is 4.87. The number of primary amides is 1. The van der Waals surface area contributed by atoms with Crippen LogP contribution in [-0.2, 0) is 21.3 Å². The van der Waals surface area contributed by atoms with Gasteiger partial charge >= 0.3 is 0 Å². The first kappa shape index (κ1) is 15.3. The minimum absolute atomic E-state index is 0.0964. The summed E-state index contributed by atoms with van der Waals surface area (Å²) in [6, 6.07) is 3.67. The van der Waals surface area contributed by atoms with E-state index < -0.39 is 17.1 Å². The highest BCUT2D eigenvalue weighted by molar-refractivity contribution is 6.00. The van der Waals surface area contributed by atoms with Gasteiger partial charge in [0, 0.05) is 11.8 Å². The molecule has 0 radical (unpaired) electrons. The van der Waals surface area contributed by atoms with Gasteiger partial charge in [0.05, 0.1) is 29.9 Å². The Morgan fingerprint density at radius 3 is 2.58 bits per heavy atom. The molecule has 1 fully saturated rings. The van der Waals surface area contributed by atoms with Crippen LogP contribution in [0.25, 0.3) is 11.0 Å². The first-order valence-electron chi connectivity index (χ1n) is 8.02. The Bertz CT molecular complexity index is 857. The highest BCUT2D eigenvalue weighted by Gasteiger charge is 2.54. The third kappa shape index (κ3) is 1.94. The third-order valence-corrected chi connectivity index (χ3v) is 5.20. The second-order valence-electron chi connectivity index (χ2n) is 6.90. The molecule has 1 amide bonds. The summed E-state index contributed by atoms with van der Waals surface area (Å²) in [5, 5.41) is 0.761. The summed E-state index contributed by atoms with van der Waals surface area (Å²) in [5.74, 6) is -1.13. The average Bonchev–Trinajstić information content (AvgIpc) is 3.00. The van der Waals surface area contributed by atoms with Gasteiger partial charge in [-0.3, -0.25) is 4.79 Å². The Hall–Kier alpha value is -2.25. The molecule has 24 heavy (non-hydrogen) atoms. The second-order valence-corrected chi connectivity index (χ2v) is 6.90. The van der Waals surface area contributed by atoms with Crippen molar-refractivity contribution >= 4 is 22.8 Å². The summed E-state index contributed by atoms with van der Waals surface area (Å²) in [4.78, 5) is 20.5. The smallest absolute Gasteiger partial charge is 0.252 e. The normalized spacial score (nSPS) is 21.1. The third-order valence-electron chi connectivity index (χ3n) is 5.20. The molecule has 4 rings (SSSR count). The zero-order valence-electron chi connectivity index (χ0n) is 13.8. The van der Waals surface area contributed by atoms with Crippen molar-refractivity contribution in [1.82, 2.24) is 9.97 Å². The lowest BCUT2D eigenvalue weighted by Gasteiger charge is -2.45. The molecule has 3 heterocycles. The number of nitrogen functional groups attached to an aromatic ring is 1. The maximum absolute atomic E-state index is 11.5. The molecule has 0 atom stereocenters. The highest BCUT2D eigenvalue weighted by atomic mass is 16.7. The standard InChI is InChI=1S/C17H20N4O3/c1-16(2)12-9(3-4-17(16)23-5-6-24-17)7-10-8-11(14(19)22)13(18)21-15(10)20-12/h7-8H,3-6H2,1-2H3,(H2,19,22)(H2,18,20,21). The largest absolute Gasteiger partial charge is 0.383 e. The van der Waals surface area contributed by atoms with Crippen LogP contribution in [0, 0.1) is 0 Å². The van der Waals surface area contributed by atoms with Crippen molar-refractivity contribution < 1.29 is 14.3 Å². The van der Waals surface area contributed by atoms with Crippen molar-refractivity contribution in [2.24, 2.45) is 5.73 Å². The Labute approximate surface area is 139 Å². The van der Waals surface area contributed by atoms with Crippen LogP contribution in [-0.4, -0.2) is 34.9 Å². The van der Waals surface area contributed by atoms with E-state index in [-0.39, 0.29) is 11.4 Å². The van der Waals surface area contributed by atoms with Crippen molar-refractivity contribution in [3.05, 3.63) is 29.0 Å². The van der Waals surface area contributed by atoms with Gasteiger partial charge in [0.15, 0.2) is 11.4 Å². The van der Waals surface area contributed by atoms with Crippen molar-refractivity contribution in [1.29, 1.82) is 0 Å². The van der Waals surface area contributed by atoms with Crippen LogP contribution in [0.4, 0.5) is 5.82 Å². The molecule has 1 aliphatic carbocycles. The molecule has 0 saturated carbocycles. The molecule has 2 aliphatic rings. The molecule has 7 heteroatoms. The number of anilines is 1. The molecular formula is C17H20N4O3. The van der Waals surface area contributed by atoms with Gasteiger partial charge in [-0.1, -0.05) is 0 Å². The number of ether oxygens (including phenoxy) is 2. The fourth-order valence-electron chi connectivity index (χ4n) is 3.84. The lowest BCUT2D eigenvalue weighted by molar-refractivity contribution is -0.210. The van der Waals surface area contributed by atoms with Gasteiger partial charge in [0.2, 0.25) is 0 Å². The van der Waals surface area contributed by atoms with Gasteiger partial charge in [-0.25, -0.2) is 9.97 Å². The number of amides is 1. The summed E-state index contributed by atoms with van der Waals surface area (Å²) in [5.41, 5.74) is 13.5. The minimum Gasteiger partial charge on any atom is -0.383 e. The van der Waals surface area contributed by atoms with E-state index in [1.165, 1.54) is 0 Å². The van der Waals surface area contributed by atoms with Gasteiger partial charge in [-0.05, 0) is 38.0 Å². The number of hydrogen-bond donors (Lipinski definition) is 2. The summed E-state index contributed by atoms with van der Waals surface area (Å²) in [6.07, 6.45) is 1.56. The van der Waals surface area contributed by atoms with E-state index in [0.717, 1.165) is 29.5 Å². The molecular weight excluding hydrogens is 308 g/mol. The summed E-state index contributed by atoms with van der Waals surface area (Å²) in [7, 11) is 0. The number of carbonyl (C=O) groups excluding carboxylic acids is 1. The lowest BCUT2D eigenvalue weighted by Crippen LogP contribution is -2.52. The molecule has 1 aliphatic heterocycles. The molecule has 0 aromatic carbocycles. The molecule has 126 valence electrons. The highest BCUT2D eigenvalue weighted by Crippen LogP contribution is 2.48. The molecule has 0 unspecified atom stereocenters. The monoisotopic (exact) mass is 328 g/mol. The maximum atomic E-state index is 11.5. The average molecular weight is 328 g/mol. The van der Waals surface area contributed by atoms with Crippen LogP contribution in [0.5, 0.6) is 0 Å². The quantitative estimate of drug-likeness (QED) is 0.815. The summed E-state index contributed by atoms with van der Waals surface area (Å²) in [6.45, 7) is 5.35. The summed E-state index contributed by atoms with van der Waals surface area (Å²) >= 11 is 0. The van der Waals surface area contributed by atoms with Crippen LogP contribution in [0.2, 0.25) is 0 Å². The molecule has 2 aromatic heterocycles. The van der Waals surface area contributed by atoms with Crippen LogP contribution >= 0.6 is 0 Å². The molecule has 1 saturated heterocycles. The number of hydrogen-bond acceptors (Lipinski definition) is 6. The van der Waals surface area contributed by atoms with Crippen molar-refractivity contribution in [3.63, 3.8) is 0 Å². The SMILES string of the molecule is CC1(C)c2nc3nc(N)c(C(N)=O)cc3cc2CCC12OCCO2. The van der Waals surface area contributed by atoms with E-state index in [4.69, 9.17) is 25.9 Å². The first-order valence-corrected chi connectivity index (χ1v) is 8.02. The van der Waals surface area contributed by atoms with Gasteiger partial charge in [0.1, 0.15) is 5.82 Å². The van der Waals surface area contributed by atoms with Gasteiger partial charge < -0.3 is 20.9 Å². The van der Waals surface area contributed by atoms with Gasteiger partial charge in [-0.15, -0.1) is 0 Å². The van der Waals surface area contributed by atoms with E-state index in [1.54, 1.807) is 6.07 Å². The predicted octanol–water partition coefficient (Wildman–Crippen LogP) is 1.28. The first-order chi connectivity index (χ1) is 11.3. The number of carbonyl (C=O) groups is 1. The number of fused-ring (bicyclic) bond motifs is 2. The van der Waals surface area contributed by atoms with Gasteiger partial charge in [-0.2, -0.15) is 0 Å².